The molecule has 1 N–H and O–H groups in total. The number of anilines is 1. The molecule has 0 aliphatic rings. The zero-order valence-electron chi connectivity index (χ0n) is 12.8. The van der Waals surface area contributed by atoms with E-state index in [0.29, 0.717) is 24.7 Å². The molecule has 0 bridgehead atoms. The fourth-order valence-corrected chi connectivity index (χ4v) is 1.95. The van der Waals surface area contributed by atoms with Crippen molar-refractivity contribution in [3.8, 4) is 0 Å². The highest BCUT2D eigenvalue weighted by atomic mass is 79.9. The van der Waals surface area contributed by atoms with Gasteiger partial charge < -0.3 is 5.32 Å². The normalized spacial score (nSPS) is 11.0. The van der Waals surface area contributed by atoms with Gasteiger partial charge in [-0.05, 0) is 51.0 Å². The van der Waals surface area contributed by atoms with Gasteiger partial charge in [0.25, 0.3) is 0 Å². The smallest absolute Gasteiger partial charge is 0.132 e. The van der Waals surface area contributed by atoms with Crippen LogP contribution in [0.2, 0.25) is 0 Å². The van der Waals surface area contributed by atoms with Crippen molar-refractivity contribution in [2.75, 3.05) is 5.32 Å². The number of halogens is 1. The lowest BCUT2D eigenvalue weighted by Gasteiger charge is -2.14. The van der Waals surface area contributed by atoms with E-state index in [-0.39, 0.29) is 0 Å². The SMILES string of the molecule is C=CC.CCCC(=O)CCC(C)Nc1ccc(Br)cc1. The number of allylic oxidation sites excluding steroid dienone is 1. The Kier molecular flexibility index (Phi) is 11.1. The lowest BCUT2D eigenvalue weighted by molar-refractivity contribution is -0.119. The second-order valence-corrected chi connectivity index (χ2v) is 5.70. The molecule has 1 aromatic rings. The second-order valence-electron chi connectivity index (χ2n) is 4.79. The standard InChI is InChI=1S/C14H20BrNO.C3H6/c1-3-4-14(17)10-5-11(2)16-13-8-6-12(15)7-9-13;1-3-2/h6-9,11,16H,3-5,10H2,1-2H3;3H,1H2,2H3. The van der Waals surface area contributed by atoms with Crippen molar-refractivity contribution in [3.63, 3.8) is 0 Å². The van der Waals surface area contributed by atoms with E-state index in [2.05, 4.69) is 34.7 Å². The van der Waals surface area contributed by atoms with E-state index >= 15 is 0 Å². The average Bonchev–Trinajstić information content (AvgIpc) is 2.40. The second kappa shape index (κ2) is 11.7. The molecule has 0 spiro atoms. The highest BCUT2D eigenvalue weighted by Crippen LogP contribution is 2.16. The van der Waals surface area contributed by atoms with Crippen molar-refractivity contribution < 1.29 is 4.79 Å². The monoisotopic (exact) mass is 339 g/mol. The van der Waals surface area contributed by atoms with Gasteiger partial charge in [-0.3, -0.25) is 4.79 Å². The minimum Gasteiger partial charge on any atom is -0.383 e. The number of benzene rings is 1. The third-order valence-electron chi connectivity index (χ3n) is 2.64. The Morgan fingerprint density at radius 1 is 1.35 bits per heavy atom. The third kappa shape index (κ3) is 9.79. The van der Waals surface area contributed by atoms with E-state index in [1.807, 2.05) is 38.1 Å². The molecule has 0 amide bonds. The minimum atomic E-state index is 0.331. The summed E-state index contributed by atoms with van der Waals surface area (Å²) in [4.78, 5) is 11.4. The van der Waals surface area contributed by atoms with Gasteiger partial charge in [0.15, 0.2) is 0 Å². The Balaban J connectivity index is 0.00000110. The summed E-state index contributed by atoms with van der Waals surface area (Å²) in [6.45, 7) is 9.41. The van der Waals surface area contributed by atoms with Crippen molar-refractivity contribution in [3.05, 3.63) is 41.4 Å². The van der Waals surface area contributed by atoms with Gasteiger partial charge >= 0.3 is 0 Å². The van der Waals surface area contributed by atoms with E-state index in [9.17, 15) is 4.79 Å². The first kappa shape index (κ1) is 18.9. The molecule has 0 aliphatic carbocycles. The predicted molar refractivity (Wildman–Crippen MR) is 92.2 cm³/mol. The summed E-state index contributed by atoms with van der Waals surface area (Å²) in [5, 5.41) is 3.39. The van der Waals surface area contributed by atoms with Crippen LogP contribution in [0.25, 0.3) is 0 Å². The molecular weight excluding hydrogens is 314 g/mol. The van der Waals surface area contributed by atoms with E-state index in [0.717, 1.165) is 23.0 Å². The molecule has 0 fully saturated rings. The highest BCUT2D eigenvalue weighted by Gasteiger charge is 2.06. The van der Waals surface area contributed by atoms with Crippen LogP contribution in [0.4, 0.5) is 5.69 Å². The molecule has 0 saturated heterocycles. The summed E-state index contributed by atoms with van der Waals surface area (Å²) >= 11 is 3.41. The summed E-state index contributed by atoms with van der Waals surface area (Å²) in [7, 11) is 0. The van der Waals surface area contributed by atoms with Gasteiger partial charge in [0.1, 0.15) is 5.78 Å². The van der Waals surface area contributed by atoms with E-state index in [4.69, 9.17) is 0 Å². The number of rotatable bonds is 7. The number of nitrogens with one attached hydrogen (secondary N) is 1. The molecule has 112 valence electrons. The van der Waals surface area contributed by atoms with Gasteiger partial charge in [0.2, 0.25) is 0 Å². The van der Waals surface area contributed by atoms with Crippen LogP contribution in [0.3, 0.4) is 0 Å². The molecule has 3 heteroatoms. The summed E-state index contributed by atoms with van der Waals surface area (Å²) in [6, 6.07) is 8.43. The van der Waals surface area contributed by atoms with Crippen LogP contribution >= 0.6 is 15.9 Å². The molecule has 1 aromatic carbocycles. The zero-order valence-corrected chi connectivity index (χ0v) is 14.4. The average molecular weight is 340 g/mol. The third-order valence-corrected chi connectivity index (χ3v) is 3.17. The fourth-order valence-electron chi connectivity index (χ4n) is 1.68. The molecule has 1 unspecified atom stereocenters. The fraction of sp³-hybridized carbons (Fsp3) is 0.471. The number of hydrogen-bond acceptors (Lipinski definition) is 2. The molecule has 0 aromatic heterocycles. The van der Waals surface area contributed by atoms with Gasteiger partial charge in [-0.2, -0.15) is 0 Å². The first-order chi connectivity index (χ1) is 9.53. The molecular formula is C17H26BrNO. The Morgan fingerprint density at radius 2 is 1.90 bits per heavy atom. The number of ketones is 1. The Bertz CT molecular complexity index is 386. The summed E-state index contributed by atoms with van der Waals surface area (Å²) in [6.07, 6.45) is 4.99. The Labute approximate surface area is 131 Å². The van der Waals surface area contributed by atoms with Gasteiger partial charge in [-0.1, -0.05) is 28.9 Å². The number of carbonyl (C=O) groups is 1. The quantitative estimate of drug-likeness (QED) is 0.656. The molecule has 1 atom stereocenters. The van der Waals surface area contributed by atoms with Gasteiger partial charge in [-0.15, -0.1) is 6.58 Å². The maximum Gasteiger partial charge on any atom is 0.132 e. The zero-order chi connectivity index (χ0) is 15.4. The van der Waals surface area contributed by atoms with Gasteiger partial charge in [0.05, 0.1) is 0 Å². The van der Waals surface area contributed by atoms with Crippen molar-refractivity contribution in [1.29, 1.82) is 0 Å². The minimum absolute atomic E-state index is 0.331. The number of Topliss-reactive ketones (excluding diaryl/α,β-unsaturated/α-hetero) is 1. The topological polar surface area (TPSA) is 29.1 Å². The Morgan fingerprint density at radius 3 is 2.40 bits per heavy atom. The number of hydrogen-bond donors (Lipinski definition) is 1. The van der Waals surface area contributed by atoms with Crippen LogP contribution in [-0.2, 0) is 4.79 Å². The maximum absolute atomic E-state index is 11.4. The van der Waals surface area contributed by atoms with Crippen LogP contribution in [0.5, 0.6) is 0 Å². The first-order valence-corrected chi connectivity index (χ1v) is 7.93. The summed E-state index contributed by atoms with van der Waals surface area (Å²) < 4.78 is 1.08. The van der Waals surface area contributed by atoms with Crippen LogP contribution in [0.15, 0.2) is 41.4 Å². The molecule has 0 heterocycles. The summed E-state index contributed by atoms with van der Waals surface area (Å²) in [5.41, 5.74) is 1.10. The lowest BCUT2D eigenvalue weighted by Crippen LogP contribution is -2.16. The summed E-state index contributed by atoms with van der Waals surface area (Å²) in [5.74, 6) is 0.372. The molecule has 1 rings (SSSR count). The predicted octanol–water partition coefficient (Wildman–Crippen LogP) is 5.59. The van der Waals surface area contributed by atoms with Crippen molar-refractivity contribution in [2.45, 2.75) is 52.5 Å². The maximum atomic E-state index is 11.4. The largest absolute Gasteiger partial charge is 0.383 e. The van der Waals surface area contributed by atoms with Crippen LogP contribution in [-0.4, -0.2) is 11.8 Å². The van der Waals surface area contributed by atoms with Crippen LogP contribution < -0.4 is 5.32 Å². The highest BCUT2D eigenvalue weighted by molar-refractivity contribution is 9.10. The molecule has 0 aliphatic heterocycles. The van der Waals surface area contributed by atoms with E-state index in [1.165, 1.54) is 0 Å². The molecule has 0 radical (unpaired) electrons. The van der Waals surface area contributed by atoms with E-state index in [1.54, 1.807) is 6.08 Å². The van der Waals surface area contributed by atoms with E-state index < -0.39 is 0 Å². The van der Waals surface area contributed by atoms with Crippen LogP contribution in [0.1, 0.15) is 46.5 Å². The first-order valence-electron chi connectivity index (χ1n) is 7.14. The van der Waals surface area contributed by atoms with Crippen molar-refractivity contribution in [1.82, 2.24) is 0 Å². The Hall–Kier alpha value is -1.09. The van der Waals surface area contributed by atoms with Crippen molar-refractivity contribution >= 4 is 27.4 Å². The van der Waals surface area contributed by atoms with Gasteiger partial charge in [0, 0.05) is 29.0 Å². The number of carbonyl (C=O) groups excluding carboxylic acids is 1. The lowest BCUT2D eigenvalue weighted by atomic mass is 10.1. The van der Waals surface area contributed by atoms with Crippen molar-refractivity contribution in [2.24, 2.45) is 0 Å². The molecule has 2 nitrogen and oxygen atoms in total. The molecule has 20 heavy (non-hydrogen) atoms. The van der Waals surface area contributed by atoms with Crippen LogP contribution in [0, 0.1) is 0 Å². The molecule has 0 saturated carbocycles. The van der Waals surface area contributed by atoms with Gasteiger partial charge in [-0.25, -0.2) is 0 Å².